The Bertz CT molecular complexity index is 203. The van der Waals surface area contributed by atoms with E-state index in [1.807, 2.05) is 0 Å². The molecule has 0 aliphatic carbocycles. The molecule has 3 aliphatic heterocycles. The van der Waals surface area contributed by atoms with Gasteiger partial charge >= 0.3 is 0 Å². The average molecular weight is 160 g/mol. The summed E-state index contributed by atoms with van der Waals surface area (Å²) in [6, 6.07) is 0. The van der Waals surface area contributed by atoms with Crippen LogP contribution in [-0.4, -0.2) is 47.2 Å². The monoisotopic (exact) mass is 160 g/mol. The first kappa shape index (κ1) is 6.33. The van der Waals surface area contributed by atoms with Crippen LogP contribution in [0.1, 0.15) is 0 Å². The lowest BCUT2D eigenvalue weighted by Crippen LogP contribution is -2.52. The van der Waals surface area contributed by atoms with Crippen LogP contribution in [0.25, 0.3) is 0 Å². The van der Waals surface area contributed by atoms with Crippen LogP contribution in [0.15, 0.2) is 0 Å². The molecule has 0 amide bonds. The third-order valence-electron chi connectivity index (χ3n) is 2.37. The van der Waals surface area contributed by atoms with Crippen molar-refractivity contribution in [2.75, 3.05) is 6.61 Å². The molecule has 3 heterocycles. The highest BCUT2D eigenvalue weighted by Crippen LogP contribution is 2.45. The number of hydrogen-bond acceptors (Lipinski definition) is 5. The first-order valence-electron chi connectivity index (χ1n) is 3.57. The van der Waals surface area contributed by atoms with Gasteiger partial charge in [-0.2, -0.15) is 0 Å². The molecule has 11 heavy (non-hydrogen) atoms. The van der Waals surface area contributed by atoms with E-state index in [0.29, 0.717) is 6.61 Å². The van der Waals surface area contributed by atoms with Crippen molar-refractivity contribution in [2.45, 2.75) is 30.4 Å². The lowest BCUT2D eigenvalue weighted by Gasteiger charge is -2.27. The van der Waals surface area contributed by atoms with Crippen molar-refractivity contribution in [1.29, 1.82) is 0 Å². The Morgan fingerprint density at radius 2 is 2.09 bits per heavy atom. The quantitative estimate of drug-likeness (QED) is 0.323. The van der Waals surface area contributed by atoms with Gasteiger partial charge in [0, 0.05) is 0 Å². The van der Waals surface area contributed by atoms with Crippen molar-refractivity contribution in [3.8, 4) is 0 Å². The number of rotatable bonds is 0. The average Bonchev–Trinajstić information content (AvgIpc) is 2.62. The van der Waals surface area contributed by atoms with Gasteiger partial charge in [0.05, 0.1) is 6.61 Å². The van der Waals surface area contributed by atoms with E-state index in [-0.39, 0.29) is 12.2 Å². The van der Waals surface area contributed by atoms with Crippen molar-refractivity contribution < 1.29 is 24.4 Å². The third kappa shape index (κ3) is 0.629. The Labute approximate surface area is 62.5 Å². The lowest BCUT2D eigenvalue weighted by molar-refractivity contribution is -0.303. The van der Waals surface area contributed by atoms with Crippen LogP contribution < -0.4 is 0 Å². The van der Waals surface area contributed by atoms with E-state index in [1.54, 1.807) is 0 Å². The highest BCUT2D eigenvalue weighted by atomic mass is 16.8. The van der Waals surface area contributed by atoms with E-state index in [4.69, 9.17) is 14.2 Å². The van der Waals surface area contributed by atoms with Crippen LogP contribution in [0.3, 0.4) is 0 Å². The smallest absolute Gasteiger partial charge is 0.245 e. The molecular weight excluding hydrogens is 152 g/mol. The topological polar surface area (TPSA) is 71.5 Å². The second-order valence-corrected chi connectivity index (χ2v) is 3.14. The molecule has 5 heteroatoms. The molecule has 2 bridgehead atoms. The number of hydrogen-bond donors (Lipinski definition) is 2. The molecule has 3 fully saturated rings. The molecule has 3 rings (SSSR count). The van der Waals surface area contributed by atoms with Gasteiger partial charge in [0.2, 0.25) is 12.1 Å². The van der Waals surface area contributed by atoms with E-state index in [2.05, 4.69) is 0 Å². The van der Waals surface area contributed by atoms with Gasteiger partial charge in [0.25, 0.3) is 0 Å². The Morgan fingerprint density at radius 3 is 2.91 bits per heavy atom. The SMILES string of the molecule is OC1(O)[C@@H]2OC[C@@H](O2)[C@@H]2O[C@@H]21. The van der Waals surface area contributed by atoms with Crippen LogP contribution in [0, 0.1) is 0 Å². The first-order chi connectivity index (χ1) is 5.19. The number of epoxide rings is 1. The van der Waals surface area contributed by atoms with Gasteiger partial charge in [-0.1, -0.05) is 0 Å². The molecule has 0 spiro atoms. The predicted molar refractivity (Wildman–Crippen MR) is 30.4 cm³/mol. The van der Waals surface area contributed by atoms with Crippen LogP contribution in [0.2, 0.25) is 0 Å². The van der Waals surface area contributed by atoms with E-state index in [1.165, 1.54) is 0 Å². The number of ether oxygens (including phenoxy) is 3. The maximum absolute atomic E-state index is 9.35. The minimum atomic E-state index is -1.95. The Hall–Kier alpha value is -0.200. The number of fused-ring (bicyclic) bond motifs is 4. The van der Waals surface area contributed by atoms with Gasteiger partial charge in [-0.15, -0.1) is 0 Å². The maximum atomic E-state index is 9.35. The zero-order valence-electron chi connectivity index (χ0n) is 5.64. The van der Waals surface area contributed by atoms with Gasteiger partial charge in [-0.05, 0) is 0 Å². The molecule has 0 unspecified atom stereocenters. The molecule has 0 aromatic heterocycles. The minimum Gasteiger partial charge on any atom is -0.361 e. The molecule has 3 saturated heterocycles. The van der Waals surface area contributed by atoms with Crippen molar-refractivity contribution in [3.63, 3.8) is 0 Å². The second-order valence-electron chi connectivity index (χ2n) is 3.14. The summed E-state index contributed by atoms with van der Waals surface area (Å²) in [4.78, 5) is 0. The third-order valence-corrected chi connectivity index (χ3v) is 2.37. The van der Waals surface area contributed by atoms with Crippen LogP contribution >= 0.6 is 0 Å². The van der Waals surface area contributed by atoms with E-state index in [9.17, 15) is 10.2 Å². The van der Waals surface area contributed by atoms with E-state index < -0.39 is 18.2 Å². The molecule has 0 aromatic carbocycles. The standard InChI is InChI=1S/C6H8O5/c7-6(8)4-3(11-4)2-1-9-5(6)10-2/h2-5,7-8H,1H2/t2-,3+,4+,5-/m1/s1. The van der Waals surface area contributed by atoms with Gasteiger partial charge in [-0.25, -0.2) is 0 Å². The van der Waals surface area contributed by atoms with Crippen LogP contribution in [-0.2, 0) is 14.2 Å². The van der Waals surface area contributed by atoms with E-state index >= 15 is 0 Å². The van der Waals surface area contributed by atoms with E-state index in [0.717, 1.165) is 0 Å². The predicted octanol–water partition coefficient (Wildman–Crippen LogP) is -1.81. The fourth-order valence-electron chi connectivity index (χ4n) is 1.70. The van der Waals surface area contributed by atoms with Crippen molar-refractivity contribution in [1.82, 2.24) is 0 Å². The minimum absolute atomic E-state index is 0.0996. The largest absolute Gasteiger partial charge is 0.361 e. The molecule has 4 atom stereocenters. The van der Waals surface area contributed by atoms with Crippen molar-refractivity contribution in [3.05, 3.63) is 0 Å². The van der Waals surface area contributed by atoms with Gasteiger partial charge in [0.1, 0.15) is 18.3 Å². The highest BCUT2D eigenvalue weighted by molar-refractivity contribution is 5.07. The number of aliphatic hydroxyl groups is 2. The molecule has 62 valence electrons. The molecule has 5 nitrogen and oxygen atoms in total. The molecule has 3 aliphatic rings. The summed E-state index contributed by atoms with van der Waals surface area (Å²) in [5.41, 5.74) is 0. The van der Waals surface area contributed by atoms with Crippen LogP contribution in [0.5, 0.6) is 0 Å². The fourth-order valence-corrected chi connectivity index (χ4v) is 1.70. The second kappa shape index (κ2) is 1.60. The Balaban J connectivity index is 1.97. The molecule has 0 saturated carbocycles. The van der Waals surface area contributed by atoms with Gasteiger partial charge in [0.15, 0.2) is 0 Å². The normalized spacial score (nSPS) is 57.3. The first-order valence-corrected chi connectivity index (χ1v) is 3.57. The maximum Gasteiger partial charge on any atom is 0.245 e. The fraction of sp³-hybridized carbons (Fsp3) is 1.00. The summed E-state index contributed by atoms with van der Waals surface area (Å²) in [6.07, 6.45) is -1.70. The Kier molecular flexibility index (Phi) is 0.919. The highest BCUT2D eigenvalue weighted by Gasteiger charge is 2.69. The van der Waals surface area contributed by atoms with Crippen molar-refractivity contribution in [2.24, 2.45) is 0 Å². The molecule has 2 N–H and O–H groups in total. The zero-order valence-corrected chi connectivity index (χ0v) is 5.64. The summed E-state index contributed by atoms with van der Waals surface area (Å²) in [5, 5.41) is 18.7. The van der Waals surface area contributed by atoms with Gasteiger partial charge < -0.3 is 24.4 Å². The summed E-state index contributed by atoms with van der Waals surface area (Å²) < 4.78 is 15.1. The molecule has 0 aromatic rings. The summed E-state index contributed by atoms with van der Waals surface area (Å²) in [6.45, 7) is 0.398. The lowest BCUT2D eigenvalue weighted by atomic mass is 10.1. The molecular formula is C6H8O5. The summed E-state index contributed by atoms with van der Waals surface area (Å²) >= 11 is 0. The zero-order chi connectivity index (χ0) is 7.64. The van der Waals surface area contributed by atoms with Crippen molar-refractivity contribution >= 4 is 0 Å². The van der Waals surface area contributed by atoms with Gasteiger partial charge in [-0.3, -0.25) is 0 Å². The molecule has 0 radical (unpaired) electrons. The summed E-state index contributed by atoms with van der Waals surface area (Å²) in [7, 11) is 0. The Morgan fingerprint density at radius 1 is 1.27 bits per heavy atom. The van der Waals surface area contributed by atoms with Crippen LogP contribution in [0.4, 0.5) is 0 Å². The summed E-state index contributed by atoms with van der Waals surface area (Å²) in [5.74, 6) is -1.95.